The molecule has 1 aliphatic heterocycles. The van der Waals surface area contributed by atoms with Crippen LogP contribution < -0.4 is 9.64 Å². The lowest BCUT2D eigenvalue weighted by atomic mass is 9.63. The number of rotatable bonds is 5. The van der Waals surface area contributed by atoms with E-state index in [2.05, 4.69) is 28.1 Å². The van der Waals surface area contributed by atoms with Crippen molar-refractivity contribution in [3.05, 3.63) is 76.3 Å². The Labute approximate surface area is 200 Å². The van der Waals surface area contributed by atoms with Gasteiger partial charge >= 0.3 is 0 Å². The van der Waals surface area contributed by atoms with E-state index in [9.17, 15) is 14.4 Å². The van der Waals surface area contributed by atoms with Gasteiger partial charge in [0.25, 0.3) is 0 Å². The van der Waals surface area contributed by atoms with Crippen molar-refractivity contribution >= 4 is 45.3 Å². The van der Waals surface area contributed by atoms with Crippen molar-refractivity contribution in [1.29, 1.82) is 0 Å². The minimum Gasteiger partial charge on any atom is -0.497 e. The van der Waals surface area contributed by atoms with Gasteiger partial charge in [-0.05, 0) is 88.0 Å². The van der Waals surface area contributed by atoms with E-state index < -0.39 is 0 Å². The zero-order valence-electron chi connectivity index (χ0n) is 18.0. The second-order valence-electron chi connectivity index (χ2n) is 9.30. The highest BCUT2D eigenvalue weighted by Crippen LogP contribution is 2.65. The summed E-state index contributed by atoms with van der Waals surface area (Å²) in [5, 5.41) is 0. The van der Waals surface area contributed by atoms with Gasteiger partial charge in [-0.3, -0.25) is 19.3 Å². The van der Waals surface area contributed by atoms with Crippen molar-refractivity contribution < 1.29 is 19.1 Å². The summed E-state index contributed by atoms with van der Waals surface area (Å²) in [6.45, 7) is 0. The Morgan fingerprint density at radius 1 is 1.00 bits per heavy atom. The highest BCUT2D eigenvalue weighted by Gasteiger charge is 2.67. The second kappa shape index (κ2) is 7.52. The lowest BCUT2D eigenvalue weighted by Gasteiger charge is -2.37. The monoisotopic (exact) mass is 503 g/mol. The summed E-state index contributed by atoms with van der Waals surface area (Å²) in [6.07, 6.45) is 8.76. The van der Waals surface area contributed by atoms with E-state index in [1.807, 2.05) is 12.1 Å². The molecule has 2 aromatic rings. The quantitative estimate of drug-likeness (QED) is 0.251. The van der Waals surface area contributed by atoms with Gasteiger partial charge in [-0.25, -0.2) is 0 Å². The van der Waals surface area contributed by atoms with Crippen molar-refractivity contribution in [3.8, 4) is 5.75 Å². The molecule has 2 amide bonds. The fourth-order valence-electron chi connectivity index (χ4n) is 6.03. The summed E-state index contributed by atoms with van der Waals surface area (Å²) in [4.78, 5) is 40.4. The SMILES string of the molecule is COc1ccc(C(=O)/C=C/c2ccc(N3C(=O)C4C5C=CC(C6CC56)C4C3=O)cc2)c(Br)c1. The highest BCUT2D eigenvalue weighted by atomic mass is 79.9. The topological polar surface area (TPSA) is 63.7 Å². The van der Waals surface area contributed by atoms with Crippen LogP contribution in [0.2, 0.25) is 0 Å². The molecule has 5 nitrogen and oxygen atoms in total. The molecule has 2 saturated carbocycles. The first kappa shape index (κ1) is 20.6. The number of allylic oxidation sites excluding steroid dienone is 3. The predicted molar refractivity (Wildman–Crippen MR) is 128 cm³/mol. The van der Waals surface area contributed by atoms with Gasteiger partial charge in [-0.1, -0.05) is 30.4 Å². The van der Waals surface area contributed by atoms with Crippen molar-refractivity contribution in [1.82, 2.24) is 0 Å². The molecule has 2 bridgehead atoms. The summed E-state index contributed by atoms with van der Waals surface area (Å²) >= 11 is 3.41. The van der Waals surface area contributed by atoms with Crippen molar-refractivity contribution in [2.45, 2.75) is 6.42 Å². The maximum absolute atomic E-state index is 13.2. The van der Waals surface area contributed by atoms with E-state index in [1.165, 1.54) is 11.0 Å². The minimum absolute atomic E-state index is 0.0578. The standard InChI is InChI=1S/C27H22BrNO4/c1-33-16-7-8-19(22(28)12-16)23(30)11-4-14-2-5-15(6-3-14)29-26(31)24-17-9-10-18(21-13-20(17)21)25(24)27(29)32/h2-12,17-18,20-21,24-25H,13H2,1H3/b11-4+. The van der Waals surface area contributed by atoms with Gasteiger partial charge in [0.1, 0.15) is 5.75 Å². The highest BCUT2D eigenvalue weighted by molar-refractivity contribution is 9.10. The summed E-state index contributed by atoms with van der Waals surface area (Å²) < 4.78 is 5.83. The van der Waals surface area contributed by atoms with E-state index in [1.54, 1.807) is 43.5 Å². The molecule has 0 N–H and O–H groups in total. The van der Waals surface area contributed by atoms with Crippen LogP contribution in [0, 0.1) is 35.5 Å². The van der Waals surface area contributed by atoms with Crippen LogP contribution in [0.1, 0.15) is 22.3 Å². The number of hydrogen-bond donors (Lipinski definition) is 0. The van der Waals surface area contributed by atoms with Crippen LogP contribution in [0.25, 0.3) is 6.08 Å². The molecule has 1 saturated heterocycles. The largest absolute Gasteiger partial charge is 0.497 e. The molecule has 4 aliphatic carbocycles. The molecular formula is C27H22BrNO4. The summed E-state index contributed by atoms with van der Waals surface area (Å²) in [5.74, 6) is 1.65. The van der Waals surface area contributed by atoms with Gasteiger partial charge in [-0.2, -0.15) is 0 Å². The van der Waals surface area contributed by atoms with Gasteiger partial charge in [0.2, 0.25) is 11.8 Å². The molecule has 0 aromatic heterocycles. The number of hydrogen-bond acceptors (Lipinski definition) is 4. The zero-order valence-corrected chi connectivity index (χ0v) is 19.6. The molecule has 6 unspecified atom stereocenters. The Bertz CT molecular complexity index is 1210. The van der Waals surface area contributed by atoms with Crippen molar-refractivity contribution in [3.63, 3.8) is 0 Å². The lowest BCUT2D eigenvalue weighted by Crippen LogP contribution is -2.40. The van der Waals surface area contributed by atoms with E-state index in [-0.39, 0.29) is 41.3 Å². The smallest absolute Gasteiger partial charge is 0.238 e. The number of carbonyl (C=O) groups excluding carboxylic acids is 3. The number of benzene rings is 2. The Balaban J connectivity index is 1.19. The third kappa shape index (κ3) is 3.15. The Morgan fingerprint density at radius 3 is 2.21 bits per heavy atom. The molecule has 6 heteroatoms. The number of nitrogens with zero attached hydrogens (tertiary/aromatic N) is 1. The van der Waals surface area contributed by atoms with E-state index >= 15 is 0 Å². The number of ether oxygens (including phenoxy) is 1. The molecule has 1 heterocycles. The molecule has 6 atom stereocenters. The number of methoxy groups -OCH3 is 1. The maximum Gasteiger partial charge on any atom is 0.238 e. The summed E-state index contributed by atoms with van der Waals surface area (Å²) in [7, 11) is 1.58. The van der Waals surface area contributed by atoms with Crippen LogP contribution in [0.5, 0.6) is 5.75 Å². The molecule has 0 radical (unpaired) electrons. The Hall–Kier alpha value is -2.99. The number of ketones is 1. The van der Waals surface area contributed by atoms with Crippen LogP contribution in [0.15, 0.2) is 65.2 Å². The van der Waals surface area contributed by atoms with Crippen LogP contribution in [-0.2, 0) is 9.59 Å². The first-order chi connectivity index (χ1) is 16.0. The van der Waals surface area contributed by atoms with Gasteiger partial charge in [0.05, 0.1) is 24.6 Å². The first-order valence-electron chi connectivity index (χ1n) is 11.2. The maximum atomic E-state index is 13.2. The van der Waals surface area contributed by atoms with Gasteiger partial charge in [0.15, 0.2) is 5.78 Å². The lowest BCUT2D eigenvalue weighted by molar-refractivity contribution is -0.124. The van der Waals surface area contributed by atoms with Crippen LogP contribution >= 0.6 is 15.9 Å². The minimum atomic E-state index is -0.198. The molecule has 0 spiro atoms. The van der Waals surface area contributed by atoms with Crippen LogP contribution in [0.4, 0.5) is 5.69 Å². The molecule has 3 fully saturated rings. The molecule has 5 aliphatic rings. The first-order valence-corrected chi connectivity index (χ1v) is 12.0. The third-order valence-electron chi connectivity index (χ3n) is 7.68. The zero-order chi connectivity index (χ0) is 22.9. The molecule has 2 aromatic carbocycles. The van der Waals surface area contributed by atoms with E-state index in [4.69, 9.17) is 4.74 Å². The number of anilines is 1. The predicted octanol–water partition coefficient (Wildman–Crippen LogP) is 4.91. The average molecular weight is 504 g/mol. The summed E-state index contributed by atoms with van der Waals surface area (Å²) in [6, 6.07) is 12.4. The van der Waals surface area contributed by atoms with E-state index in [0.29, 0.717) is 33.3 Å². The van der Waals surface area contributed by atoms with Gasteiger partial charge in [-0.15, -0.1) is 0 Å². The Kier molecular flexibility index (Phi) is 4.70. The fraction of sp³-hybridized carbons (Fsp3) is 0.296. The normalized spacial score (nSPS) is 31.2. The summed E-state index contributed by atoms with van der Waals surface area (Å²) in [5.41, 5.74) is 1.96. The number of carbonyl (C=O) groups is 3. The fourth-order valence-corrected chi connectivity index (χ4v) is 6.58. The van der Waals surface area contributed by atoms with Crippen LogP contribution in [-0.4, -0.2) is 24.7 Å². The van der Waals surface area contributed by atoms with Crippen molar-refractivity contribution in [2.75, 3.05) is 12.0 Å². The molecular weight excluding hydrogens is 482 g/mol. The number of amides is 2. The Morgan fingerprint density at radius 2 is 1.64 bits per heavy atom. The van der Waals surface area contributed by atoms with E-state index in [0.717, 1.165) is 12.0 Å². The molecule has 33 heavy (non-hydrogen) atoms. The second-order valence-corrected chi connectivity index (χ2v) is 10.2. The molecule has 166 valence electrons. The number of imide groups is 1. The van der Waals surface area contributed by atoms with Crippen LogP contribution in [0.3, 0.4) is 0 Å². The average Bonchev–Trinajstić information content (AvgIpc) is 3.61. The number of halogens is 1. The van der Waals surface area contributed by atoms with Gasteiger partial charge < -0.3 is 4.74 Å². The third-order valence-corrected chi connectivity index (χ3v) is 8.34. The van der Waals surface area contributed by atoms with Gasteiger partial charge in [0, 0.05) is 10.0 Å². The molecule has 7 rings (SSSR count). The van der Waals surface area contributed by atoms with Crippen molar-refractivity contribution in [2.24, 2.45) is 35.5 Å².